The van der Waals surface area contributed by atoms with E-state index in [0.717, 1.165) is 25.9 Å². The van der Waals surface area contributed by atoms with Crippen LogP contribution in [0.1, 0.15) is 24.8 Å². The van der Waals surface area contributed by atoms with Gasteiger partial charge in [0.1, 0.15) is 0 Å². The lowest BCUT2D eigenvalue weighted by Gasteiger charge is -2.24. The highest BCUT2D eigenvalue weighted by atomic mass is 32.1. The van der Waals surface area contributed by atoms with Crippen molar-refractivity contribution in [3.05, 3.63) is 52.7 Å². The molecule has 1 aromatic carbocycles. The molecule has 1 heterocycles. The molecular formula is C16H19NO2S. The zero-order valence-electron chi connectivity index (χ0n) is 11.4. The van der Waals surface area contributed by atoms with Crippen molar-refractivity contribution in [3.8, 4) is 0 Å². The van der Waals surface area contributed by atoms with Gasteiger partial charge in [-0.15, -0.1) is 0 Å². The number of thiophene rings is 1. The van der Waals surface area contributed by atoms with Crippen LogP contribution in [0.4, 0.5) is 5.69 Å². The van der Waals surface area contributed by atoms with E-state index in [1.165, 1.54) is 11.3 Å². The maximum absolute atomic E-state index is 10.6. The Morgan fingerprint density at radius 3 is 2.60 bits per heavy atom. The number of carboxylic acids is 1. The summed E-state index contributed by atoms with van der Waals surface area (Å²) in [6, 6.07) is 12.4. The van der Waals surface area contributed by atoms with Crippen LogP contribution in [0.3, 0.4) is 0 Å². The van der Waals surface area contributed by atoms with Crippen molar-refractivity contribution in [1.29, 1.82) is 0 Å². The first-order valence-corrected chi connectivity index (χ1v) is 7.73. The first-order chi connectivity index (χ1) is 9.75. The number of hydrogen-bond acceptors (Lipinski definition) is 3. The van der Waals surface area contributed by atoms with Crippen LogP contribution < -0.4 is 4.90 Å². The Hall–Kier alpha value is -1.81. The van der Waals surface area contributed by atoms with Gasteiger partial charge in [-0.3, -0.25) is 4.79 Å². The number of carbonyl (C=O) groups is 1. The summed E-state index contributed by atoms with van der Waals surface area (Å²) in [7, 11) is 0. The molecule has 2 rings (SSSR count). The van der Waals surface area contributed by atoms with Gasteiger partial charge in [-0.2, -0.15) is 11.3 Å². The van der Waals surface area contributed by atoms with Gasteiger partial charge in [0.25, 0.3) is 0 Å². The van der Waals surface area contributed by atoms with Crippen LogP contribution in [0.5, 0.6) is 0 Å². The number of rotatable bonds is 8. The van der Waals surface area contributed by atoms with Gasteiger partial charge in [-0.25, -0.2) is 0 Å². The molecule has 1 aromatic heterocycles. The quantitative estimate of drug-likeness (QED) is 0.746. The van der Waals surface area contributed by atoms with E-state index in [9.17, 15) is 4.79 Å². The molecule has 0 unspecified atom stereocenters. The first-order valence-electron chi connectivity index (χ1n) is 6.78. The Balaban J connectivity index is 1.95. The molecule has 0 amide bonds. The average Bonchev–Trinajstić information content (AvgIpc) is 2.96. The number of para-hydroxylation sites is 1. The molecule has 0 aliphatic carbocycles. The monoisotopic (exact) mass is 289 g/mol. The second kappa shape index (κ2) is 7.70. The van der Waals surface area contributed by atoms with Gasteiger partial charge in [0.05, 0.1) is 0 Å². The molecule has 0 saturated carbocycles. The van der Waals surface area contributed by atoms with Gasteiger partial charge in [0, 0.05) is 25.2 Å². The van der Waals surface area contributed by atoms with E-state index >= 15 is 0 Å². The molecule has 0 atom stereocenters. The lowest BCUT2D eigenvalue weighted by Crippen LogP contribution is -2.23. The topological polar surface area (TPSA) is 40.5 Å². The average molecular weight is 289 g/mol. The molecule has 0 saturated heterocycles. The summed E-state index contributed by atoms with van der Waals surface area (Å²) in [4.78, 5) is 12.9. The lowest BCUT2D eigenvalue weighted by atomic mass is 10.2. The second-order valence-corrected chi connectivity index (χ2v) is 5.52. The first kappa shape index (κ1) is 14.6. The fourth-order valence-corrected chi connectivity index (χ4v) is 2.78. The molecule has 106 valence electrons. The molecule has 20 heavy (non-hydrogen) atoms. The van der Waals surface area contributed by atoms with Gasteiger partial charge in [0.2, 0.25) is 0 Å². The van der Waals surface area contributed by atoms with Crippen molar-refractivity contribution >= 4 is 23.0 Å². The van der Waals surface area contributed by atoms with Crippen LogP contribution in [0.2, 0.25) is 0 Å². The largest absolute Gasteiger partial charge is 0.481 e. The number of benzene rings is 1. The van der Waals surface area contributed by atoms with Gasteiger partial charge < -0.3 is 10.0 Å². The van der Waals surface area contributed by atoms with Gasteiger partial charge in [-0.05, 0) is 47.4 Å². The zero-order valence-corrected chi connectivity index (χ0v) is 12.2. The number of anilines is 1. The van der Waals surface area contributed by atoms with Gasteiger partial charge >= 0.3 is 5.97 Å². The van der Waals surface area contributed by atoms with Crippen LogP contribution in [0.25, 0.3) is 0 Å². The summed E-state index contributed by atoms with van der Waals surface area (Å²) in [6.45, 7) is 1.76. The molecule has 0 spiro atoms. The van der Waals surface area contributed by atoms with E-state index in [4.69, 9.17) is 5.11 Å². The SMILES string of the molecule is O=C(O)CCCCN(Cc1ccsc1)c1ccccc1. The second-order valence-electron chi connectivity index (χ2n) is 4.74. The normalized spacial score (nSPS) is 10.4. The zero-order chi connectivity index (χ0) is 14.2. The van der Waals surface area contributed by atoms with E-state index in [1.54, 1.807) is 11.3 Å². The Morgan fingerprint density at radius 1 is 1.15 bits per heavy atom. The predicted octanol–water partition coefficient (Wildman–Crippen LogP) is 4.01. The van der Waals surface area contributed by atoms with Crippen molar-refractivity contribution in [2.45, 2.75) is 25.8 Å². The lowest BCUT2D eigenvalue weighted by molar-refractivity contribution is -0.137. The standard InChI is InChI=1S/C16H19NO2S/c18-16(19)8-4-5-10-17(12-14-9-11-20-13-14)15-6-2-1-3-7-15/h1-3,6-7,9,11,13H,4-5,8,10,12H2,(H,18,19). The number of carboxylic acid groups (broad SMARTS) is 1. The van der Waals surface area contributed by atoms with Gasteiger partial charge in [-0.1, -0.05) is 18.2 Å². The number of unbranched alkanes of at least 4 members (excludes halogenated alkanes) is 1. The minimum Gasteiger partial charge on any atom is -0.481 e. The molecule has 0 bridgehead atoms. The maximum atomic E-state index is 10.6. The van der Waals surface area contributed by atoms with Crippen LogP contribution in [0.15, 0.2) is 47.2 Å². The summed E-state index contributed by atoms with van der Waals surface area (Å²) in [6.07, 6.45) is 1.87. The van der Waals surface area contributed by atoms with E-state index in [-0.39, 0.29) is 6.42 Å². The highest BCUT2D eigenvalue weighted by Crippen LogP contribution is 2.19. The molecule has 0 fully saturated rings. The molecular weight excluding hydrogens is 270 g/mol. The Labute approximate surface area is 123 Å². The van der Waals surface area contributed by atoms with Crippen molar-refractivity contribution in [1.82, 2.24) is 0 Å². The molecule has 0 aliphatic heterocycles. The maximum Gasteiger partial charge on any atom is 0.303 e. The predicted molar refractivity (Wildman–Crippen MR) is 83.3 cm³/mol. The number of nitrogens with zero attached hydrogens (tertiary/aromatic N) is 1. The highest BCUT2D eigenvalue weighted by Gasteiger charge is 2.08. The van der Waals surface area contributed by atoms with Crippen molar-refractivity contribution < 1.29 is 9.90 Å². The third-order valence-electron chi connectivity index (χ3n) is 3.14. The third kappa shape index (κ3) is 4.70. The molecule has 4 heteroatoms. The fraction of sp³-hybridized carbons (Fsp3) is 0.312. The van der Waals surface area contributed by atoms with Gasteiger partial charge in [0.15, 0.2) is 0 Å². The van der Waals surface area contributed by atoms with E-state index in [2.05, 4.69) is 33.9 Å². The molecule has 0 aliphatic rings. The van der Waals surface area contributed by atoms with E-state index < -0.39 is 5.97 Å². The molecule has 0 radical (unpaired) electrons. The Morgan fingerprint density at radius 2 is 1.95 bits per heavy atom. The van der Waals surface area contributed by atoms with E-state index in [0.29, 0.717) is 0 Å². The van der Waals surface area contributed by atoms with Crippen molar-refractivity contribution in [3.63, 3.8) is 0 Å². The molecule has 3 nitrogen and oxygen atoms in total. The minimum atomic E-state index is -0.714. The minimum absolute atomic E-state index is 0.251. The number of aliphatic carboxylic acids is 1. The van der Waals surface area contributed by atoms with Crippen LogP contribution in [-0.4, -0.2) is 17.6 Å². The highest BCUT2D eigenvalue weighted by molar-refractivity contribution is 7.07. The smallest absolute Gasteiger partial charge is 0.303 e. The Bertz CT molecular complexity index is 511. The van der Waals surface area contributed by atoms with Crippen LogP contribution in [-0.2, 0) is 11.3 Å². The van der Waals surface area contributed by atoms with Crippen LogP contribution >= 0.6 is 11.3 Å². The third-order valence-corrected chi connectivity index (χ3v) is 3.88. The van der Waals surface area contributed by atoms with Crippen molar-refractivity contribution in [2.24, 2.45) is 0 Å². The molecule has 1 N–H and O–H groups in total. The molecule has 2 aromatic rings. The summed E-state index contributed by atoms with van der Waals surface area (Å²) in [5.41, 5.74) is 2.49. The van der Waals surface area contributed by atoms with E-state index in [1.807, 2.05) is 18.2 Å². The summed E-state index contributed by atoms with van der Waals surface area (Å²) >= 11 is 1.70. The summed E-state index contributed by atoms with van der Waals surface area (Å²) in [5, 5.41) is 12.9. The summed E-state index contributed by atoms with van der Waals surface area (Å²) in [5.74, 6) is -0.714. The fourth-order valence-electron chi connectivity index (χ4n) is 2.12. The summed E-state index contributed by atoms with van der Waals surface area (Å²) < 4.78 is 0. The Kier molecular flexibility index (Phi) is 5.62. The van der Waals surface area contributed by atoms with Crippen LogP contribution in [0, 0.1) is 0 Å². The van der Waals surface area contributed by atoms with Crippen molar-refractivity contribution in [2.75, 3.05) is 11.4 Å². The number of hydrogen-bond donors (Lipinski definition) is 1.